The van der Waals surface area contributed by atoms with Crippen molar-refractivity contribution in [3.63, 3.8) is 0 Å². The second kappa shape index (κ2) is 8.12. The number of aromatic nitrogens is 1. The second-order valence-electron chi connectivity index (χ2n) is 6.49. The first kappa shape index (κ1) is 20.0. The predicted molar refractivity (Wildman–Crippen MR) is 100 cm³/mol. The van der Waals surface area contributed by atoms with Crippen LogP contribution in [-0.4, -0.2) is 41.0 Å². The number of benzene rings is 1. The summed E-state index contributed by atoms with van der Waals surface area (Å²) in [6.45, 7) is 2.13. The highest BCUT2D eigenvalue weighted by Crippen LogP contribution is 2.29. The molecule has 2 heterocycles. The van der Waals surface area contributed by atoms with Crippen molar-refractivity contribution in [2.75, 3.05) is 18.0 Å². The van der Waals surface area contributed by atoms with E-state index in [-0.39, 0.29) is 24.5 Å². The molecule has 1 aromatic heterocycles. The number of alkyl carbamates (subject to hydrolysis) is 1. The molecule has 1 saturated heterocycles. The molecule has 7 nitrogen and oxygen atoms in total. The predicted octanol–water partition coefficient (Wildman–Crippen LogP) is 2.58. The number of pyridine rings is 1. The van der Waals surface area contributed by atoms with E-state index in [0.29, 0.717) is 17.7 Å². The van der Waals surface area contributed by atoms with Gasteiger partial charge in [0.15, 0.2) is 0 Å². The smallest absolute Gasteiger partial charge is 0.407 e. The van der Waals surface area contributed by atoms with E-state index in [2.05, 4.69) is 10.3 Å². The number of hydrogen-bond acceptors (Lipinski definition) is 5. The summed E-state index contributed by atoms with van der Waals surface area (Å²) in [5, 5.41) is 13.1. The third kappa shape index (κ3) is 4.58. The minimum absolute atomic E-state index is 0.0629. The van der Waals surface area contributed by atoms with E-state index in [4.69, 9.17) is 16.3 Å². The van der Waals surface area contributed by atoms with Crippen LogP contribution in [0.5, 0.6) is 0 Å². The molecule has 0 bridgehead atoms. The first-order valence-corrected chi connectivity index (χ1v) is 9.03. The fourth-order valence-corrected chi connectivity index (χ4v) is 3.14. The van der Waals surface area contributed by atoms with Crippen LogP contribution < -0.4 is 10.2 Å². The highest BCUT2D eigenvalue weighted by Gasteiger charge is 2.49. The first-order valence-electron chi connectivity index (χ1n) is 8.66. The molecule has 0 spiro atoms. The second-order valence-corrected chi connectivity index (χ2v) is 6.93. The molecule has 148 valence electrons. The number of halogens is 2. The van der Waals surface area contributed by atoms with Gasteiger partial charge in [0, 0.05) is 30.2 Å². The maximum absolute atomic E-state index is 13.3. The van der Waals surface area contributed by atoms with Crippen LogP contribution in [0.15, 0.2) is 36.5 Å². The monoisotopic (exact) mass is 407 g/mol. The van der Waals surface area contributed by atoms with Crippen LogP contribution in [0.3, 0.4) is 0 Å². The number of nitrogens with zero attached hydrogens (tertiary/aromatic N) is 2. The van der Waals surface area contributed by atoms with Crippen molar-refractivity contribution < 1.29 is 23.8 Å². The maximum atomic E-state index is 13.3. The molecule has 1 fully saturated rings. The van der Waals surface area contributed by atoms with E-state index in [0.717, 1.165) is 5.69 Å². The highest BCUT2D eigenvalue weighted by molar-refractivity contribution is 6.30. The zero-order chi connectivity index (χ0) is 20.3. The number of rotatable bonds is 5. The third-order valence-electron chi connectivity index (χ3n) is 4.33. The summed E-state index contributed by atoms with van der Waals surface area (Å²) in [6.07, 6.45) is 0.817. The van der Waals surface area contributed by atoms with Crippen molar-refractivity contribution >= 4 is 29.3 Å². The lowest BCUT2D eigenvalue weighted by Gasteiger charge is -2.22. The standard InChI is InChI=1S/C19H19ClFN3O4/c1-12-2-3-16(11-23-12)24-7-5-19(27,17(24)25)28-18(26)22-6-4-13-8-14(20)10-15(21)9-13/h2-3,8-11,27H,4-7H2,1H3,(H,22,26)/t19-/m0/s1. The van der Waals surface area contributed by atoms with Gasteiger partial charge in [-0.2, -0.15) is 0 Å². The highest BCUT2D eigenvalue weighted by atomic mass is 35.5. The van der Waals surface area contributed by atoms with Crippen molar-refractivity contribution in [2.45, 2.75) is 25.6 Å². The van der Waals surface area contributed by atoms with Crippen LogP contribution in [0.2, 0.25) is 5.02 Å². The number of amides is 2. The van der Waals surface area contributed by atoms with Gasteiger partial charge in [-0.3, -0.25) is 9.78 Å². The number of hydrogen-bond donors (Lipinski definition) is 2. The number of aryl methyl sites for hydroxylation is 1. The SMILES string of the molecule is Cc1ccc(N2CC[C@](O)(OC(=O)NCCc3cc(F)cc(Cl)c3)C2=O)cn1. The lowest BCUT2D eigenvalue weighted by Crippen LogP contribution is -2.46. The topological polar surface area (TPSA) is 91.8 Å². The van der Waals surface area contributed by atoms with Gasteiger partial charge in [-0.1, -0.05) is 11.6 Å². The Labute approximate surface area is 166 Å². The van der Waals surface area contributed by atoms with Crippen LogP contribution in [0.4, 0.5) is 14.9 Å². The number of anilines is 1. The fraction of sp³-hybridized carbons (Fsp3) is 0.316. The number of carbonyl (C=O) groups is 2. The molecule has 2 amide bonds. The molecular weight excluding hydrogens is 389 g/mol. The molecule has 1 aromatic carbocycles. The Kier molecular flexibility index (Phi) is 5.81. The summed E-state index contributed by atoms with van der Waals surface area (Å²) in [5.41, 5.74) is 1.90. The van der Waals surface area contributed by atoms with Crippen molar-refractivity contribution in [3.8, 4) is 0 Å². The summed E-state index contributed by atoms with van der Waals surface area (Å²) >= 11 is 5.78. The molecule has 2 N–H and O–H groups in total. The molecule has 3 rings (SSSR count). The molecule has 2 aromatic rings. The van der Waals surface area contributed by atoms with E-state index in [1.54, 1.807) is 18.2 Å². The average Bonchev–Trinajstić information content (AvgIpc) is 2.90. The van der Waals surface area contributed by atoms with Gasteiger partial charge in [-0.15, -0.1) is 0 Å². The first-order chi connectivity index (χ1) is 13.3. The molecule has 9 heteroatoms. The number of ether oxygens (including phenoxy) is 1. The molecule has 1 aliphatic rings. The summed E-state index contributed by atoms with van der Waals surface area (Å²) in [7, 11) is 0. The van der Waals surface area contributed by atoms with Gasteiger partial charge in [-0.25, -0.2) is 9.18 Å². The molecule has 0 unspecified atom stereocenters. The summed E-state index contributed by atoms with van der Waals surface area (Å²) in [4.78, 5) is 29.9. The van der Waals surface area contributed by atoms with Gasteiger partial charge < -0.3 is 20.1 Å². The van der Waals surface area contributed by atoms with Crippen LogP contribution in [-0.2, 0) is 16.0 Å². The van der Waals surface area contributed by atoms with Gasteiger partial charge in [0.1, 0.15) is 5.82 Å². The van der Waals surface area contributed by atoms with Crippen molar-refractivity contribution in [1.82, 2.24) is 10.3 Å². The molecule has 1 aliphatic heterocycles. The zero-order valence-electron chi connectivity index (χ0n) is 15.1. The van der Waals surface area contributed by atoms with Gasteiger partial charge in [0.05, 0.1) is 11.9 Å². The Morgan fingerprint density at radius 3 is 2.89 bits per heavy atom. The number of aliphatic hydroxyl groups is 1. The minimum atomic E-state index is -2.24. The lowest BCUT2D eigenvalue weighted by molar-refractivity contribution is -0.175. The van der Waals surface area contributed by atoms with E-state index >= 15 is 0 Å². The van der Waals surface area contributed by atoms with Crippen molar-refractivity contribution in [2.24, 2.45) is 0 Å². The van der Waals surface area contributed by atoms with Crippen LogP contribution >= 0.6 is 11.6 Å². The van der Waals surface area contributed by atoms with E-state index in [1.807, 2.05) is 6.92 Å². The maximum Gasteiger partial charge on any atom is 0.410 e. The number of nitrogens with one attached hydrogen (secondary N) is 1. The fourth-order valence-electron chi connectivity index (χ4n) is 2.90. The molecular formula is C19H19ClFN3O4. The normalized spacial score (nSPS) is 19.0. The van der Waals surface area contributed by atoms with Gasteiger partial charge >= 0.3 is 6.09 Å². The summed E-state index contributed by atoms with van der Waals surface area (Å²) in [6, 6.07) is 7.52. The molecule has 0 radical (unpaired) electrons. The Morgan fingerprint density at radius 1 is 1.43 bits per heavy atom. The zero-order valence-corrected chi connectivity index (χ0v) is 15.9. The Morgan fingerprint density at radius 2 is 2.21 bits per heavy atom. The van der Waals surface area contributed by atoms with E-state index < -0.39 is 23.6 Å². The van der Waals surface area contributed by atoms with Crippen molar-refractivity contribution in [1.29, 1.82) is 0 Å². The van der Waals surface area contributed by atoms with Crippen LogP contribution in [0, 0.1) is 12.7 Å². The van der Waals surface area contributed by atoms with E-state index in [1.165, 1.54) is 23.2 Å². The average molecular weight is 408 g/mol. The van der Waals surface area contributed by atoms with Gasteiger partial charge in [0.2, 0.25) is 0 Å². The molecule has 0 aliphatic carbocycles. The van der Waals surface area contributed by atoms with Gasteiger partial charge in [0.25, 0.3) is 11.7 Å². The molecule has 0 saturated carbocycles. The molecule has 1 atom stereocenters. The van der Waals surface area contributed by atoms with Crippen LogP contribution in [0.25, 0.3) is 0 Å². The Hall–Kier alpha value is -2.71. The quantitative estimate of drug-likeness (QED) is 0.743. The van der Waals surface area contributed by atoms with Crippen LogP contribution in [0.1, 0.15) is 17.7 Å². The Balaban J connectivity index is 1.54. The summed E-state index contributed by atoms with van der Waals surface area (Å²) < 4.78 is 18.3. The minimum Gasteiger partial charge on any atom is -0.407 e. The van der Waals surface area contributed by atoms with Crippen molar-refractivity contribution in [3.05, 3.63) is 58.6 Å². The third-order valence-corrected chi connectivity index (χ3v) is 4.55. The largest absolute Gasteiger partial charge is 0.410 e. The lowest BCUT2D eigenvalue weighted by atomic mass is 10.1. The Bertz CT molecular complexity index is 873. The molecule has 28 heavy (non-hydrogen) atoms. The van der Waals surface area contributed by atoms with E-state index in [9.17, 15) is 19.1 Å². The summed E-state index contributed by atoms with van der Waals surface area (Å²) in [5.74, 6) is -3.44. The number of carbonyl (C=O) groups excluding carboxylic acids is 2. The van der Waals surface area contributed by atoms with Gasteiger partial charge in [-0.05, 0) is 49.2 Å².